The fraction of sp³-hybridized carbons (Fsp3) is 0.455. The van der Waals surface area contributed by atoms with Crippen molar-refractivity contribution in [3.05, 3.63) is 28.5 Å². The average Bonchev–Trinajstić information content (AvgIpc) is 2.64. The molecule has 0 aliphatic carbocycles. The Hall–Kier alpha value is -0.600. The number of rotatable bonds is 5. The topological polar surface area (TPSA) is 20.2 Å². The molecule has 1 unspecified atom stereocenters. The van der Waals surface area contributed by atoms with E-state index in [4.69, 9.17) is 0 Å². The minimum atomic E-state index is -0.132. The van der Waals surface area contributed by atoms with Crippen molar-refractivity contribution in [2.45, 2.75) is 32.3 Å². The largest absolute Gasteiger partial charge is 0.393 e. The zero-order valence-electron chi connectivity index (χ0n) is 7.94. The fourth-order valence-electron chi connectivity index (χ4n) is 1.08. The Morgan fingerprint density at radius 3 is 3.08 bits per heavy atom. The van der Waals surface area contributed by atoms with Crippen molar-refractivity contribution < 1.29 is 5.11 Å². The molecule has 0 bridgehead atoms. The van der Waals surface area contributed by atoms with E-state index in [1.807, 2.05) is 6.92 Å². The number of allylic oxidation sites excluding steroid dienone is 1. The molecule has 72 valence electrons. The fourth-order valence-corrected chi connectivity index (χ4v) is 1.71. The summed E-state index contributed by atoms with van der Waals surface area (Å²) in [5.74, 6) is 0. The lowest BCUT2D eigenvalue weighted by atomic mass is 10.1. The molecule has 0 amide bonds. The Bertz CT molecular complexity index is 239. The summed E-state index contributed by atoms with van der Waals surface area (Å²) in [6.45, 7) is 2.01. The molecule has 0 spiro atoms. The Balaban J connectivity index is 2.19. The second kappa shape index (κ2) is 5.95. The average molecular weight is 196 g/mol. The first kappa shape index (κ1) is 10.5. The second-order valence-corrected chi connectivity index (χ2v) is 3.88. The van der Waals surface area contributed by atoms with Gasteiger partial charge in [0, 0.05) is 0 Å². The third kappa shape index (κ3) is 4.25. The molecule has 1 heterocycles. The van der Waals surface area contributed by atoms with E-state index < -0.39 is 0 Å². The highest BCUT2D eigenvalue weighted by Crippen LogP contribution is 2.09. The summed E-state index contributed by atoms with van der Waals surface area (Å²) in [5, 5.41) is 13.5. The standard InChI is InChI=1S/C11H16OS/c1-2-11(12)6-4-3-5-10-7-8-13-9-10/h3,5,7-9,11-12H,2,4,6H2,1H3/b5-3+. The van der Waals surface area contributed by atoms with Crippen LogP contribution in [0.15, 0.2) is 22.9 Å². The van der Waals surface area contributed by atoms with E-state index in [1.54, 1.807) is 11.3 Å². The van der Waals surface area contributed by atoms with Gasteiger partial charge in [0.2, 0.25) is 0 Å². The third-order valence-corrected chi connectivity index (χ3v) is 2.69. The maximum absolute atomic E-state index is 9.28. The molecule has 0 aliphatic heterocycles. The summed E-state index contributed by atoms with van der Waals surface area (Å²) < 4.78 is 0. The monoisotopic (exact) mass is 196 g/mol. The summed E-state index contributed by atoms with van der Waals surface area (Å²) in [6, 6.07) is 2.09. The Morgan fingerprint density at radius 1 is 1.62 bits per heavy atom. The first-order chi connectivity index (χ1) is 6.33. The van der Waals surface area contributed by atoms with Crippen molar-refractivity contribution in [1.29, 1.82) is 0 Å². The molecule has 1 nitrogen and oxygen atoms in total. The van der Waals surface area contributed by atoms with Gasteiger partial charge in [0.05, 0.1) is 6.10 Å². The van der Waals surface area contributed by atoms with Gasteiger partial charge in [0.1, 0.15) is 0 Å². The SMILES string of the molecule is CCC(O)CC/C=C/c1ccsc1. The molecule has 1 rings (SSSR count). The smallest absolute Gasteiger partial charge is 0.0540 e. The maximum Gasteiger partial charge on any atom is 0.0540 e. The van der Waals surface area contributed by atoms with Gasteiger partial charge in [-0.15, -0.1) is 0 Å². The molecule has 1 aromatic rings. The van der Waals surface area contributed by atoms with Crippen LogP contribution in [-0.2, 0) is 0 Å². The lowest BCUT2D eigenvalue weighted by Gasteiger charge is -2.03. The quantitative estimate of drug-likeness (QED) is 0.766. The zero-order chi connectivity index (χ0) is 9.52. The number of hydrogen-bond acceptors (Lipinski definition) is 2. The summed E-state index contributed by atoms with van der Waals surface area (Å²) in [6.07, 6.45) is 6.79. The van der Waals surface area contributed by atoms with Gasteiger partial charge in [0.25, 0.3) is 0 Å². The van der Waals surface area contributed by atoms with Crippen LogP contribution in [0, 0.1) is 0 Å². The minimum Gasteiger partial charge on any atom is -0.393 e. The van der Waals surface area contributed by atoms with Crippen molar-refractivity contribution in [2.24, 2.45) is 0 Å². The molecule has 0 radical (unpaired) electrons. The molecule has 1 atom stereocenters. The Morgan fingerprint density at radius 2 is 2.46 bits per heavy atom. The number of aliphatic hydroxyl groups is 1. The van der Waals surface area contributed by atoms with E-state index in [0.717, 1.165) is 19.3 Å². The van der Waals surface area contributed by atoms with Crippen molar-refractivity contribution >= 4 is 17.4 Å². The predicted molar refractivity (Wildman–Crippen MR) is 58.9 cm³/mol. The van der Waals surface area contributed by atoms with Crippen LogP contribution < -0.4 is 0 Å². The van der Waals surface area contributed by atoms with Crippen LogP contribution in [0.5, 0.6) is 0 Å². The summed E-state index contributed by atoms with van der Waals surface area (Å²) >= 11 is 1.71. The van der Waals surface area contributed by atoms with E-state index in [2.05, 4.69) is 29.0 Å². The predicted octanol–water partition coefficient (Wildman–Crippen LogP) is 3.31. The summed E-state index contributed by atoms with van der Waals surface area (Å²) in [4.78, 5) is 0. The van der Waals surface area contributed by atoms with Crippen LogP contribution >= 0.6 is 11.3 Å². The summed E-state index contributed by atoms with van der Waals surface area (Å²) in [5.41, 5.74) is 1.26. The first-order valence-corrected chi connectivity index (χ1v) is 5.64. The van der Waals surface area contributed by atoms with Crippen LogP contribution in [-0.4, -0.2) is 11.2 Å². The maximum atomic E-state index is 9.28. The van der Waals surface area contributed by atoms with Gasteiger partial charge in [-0.3, -0.25) is 0 Å². The molecule has 13 heavy (non-hydrogen) atoms. The molecule has 0 aromatic carbocycles. The highest BCUT2D eigenvalue weighted by atomic mass is 32.1. The highest BCUT2D eigenvalue weighted by molar-refractivity contribution is 7.08. The molecular weight excluding hydrogens is 180 g/mol. The van der Waals surface area contributed by atoms with Crippen LogP contribution in [0.2, 0.25) is 0 Å². The van der Waals surface area contributed by atoms with Gasteiger partial charge in [-0.25, -0.2) is 0 Å². The van der Waals surface area contributed by atoms with Gasteiger partial charge < -0.3 is 5.11 Å². The molecular formula is C11H16OS. The van der Waals surface area contributed by atoms with Crippen molar-refractivity contribution in [2.75, 3.05) is 0 Å². The van der Waals surface area contributed by atoms with Crippen LogP contribution in [0.25, 0.3) is 6.08 Å². The van der Waals surface area contributed by atoms with Gasteiger partial charge in [-0.1, -0.05) is 19.1 Å². The van der Waals surface area contributed by atoms with Gasteiger partial charge in [0.15, 0.2) is 0 Å². The van der Waals surface area contributed by atoms with Gasteiger partial charge in [-0.2, -0.15) is 11.3 Å². The number of hydrogen-bond donors (Lipinski definition) is 1. The zero-order valence-corrected chi connectivity index (χ0v) is 8.76. The van der Waals surface area contributed by atoms with Crippen LogP contribution in [0.4, 0.5) is 0 Å². The normalized spacial score (nSPS) is 13.7. The second-order valence-electron chi connectivity index (χ2n) is 3.10. The van der Waals surface area contributed by atoms with E-state index >= 15 is 0 Å². The molecule has 0 aliphatic rings. The van der Waals surface area contributed by atoms with Crippen LogP contribution in [0.3, 0.4) is 0 Å². The van der Waals surface area contributed by atoms with E-state index in [9.17, 15) is 5.11 Å². The number of thiophene rings is 1. The molecule has 0 saturated heterocycles. The third-order valence-electron chi connectivity index (χ3n) is 1.99. The molecule has 0 saturated carbocycles. The molecule has 1 aromatic heterocycles. The summed E-state index contributed by atoms with van der Waals surface area (Å²) in [7, 11) is 0. The van der Waals surface area contributed by atoms with Gasteiger partial charge in [-0.05, 0) is 41.7 Å². The minimum absolute atomic E-state index is 0.132. The molecule has 2 heteroatoms. The van der Waals surface area contributed by atoms with Crippen molar-refractivity contribution in [3.63, 3.8) is 0 Å². The van der Waals surface area contributed by atoms with E-state index in [1.165, 1.54) is 5.56 Å². The molecule has 0 fully saturated rings. The van der Waals surface area contributed by atoms with Crippen molar-refractivity contribution in [1.82, 2.24) is 0 Å². The van der Waals surface area contributed by atoms with E-state index in [0.29, 0.717) is 0 Å². The van der Waals surface area contributed by atoms with Crippen molar-refractivity contribution in [3.8, 4) is 0 Å². The first-order valence-electron chi connectivity index (χ1n) is 4.69. The number of aliphatic hydroxyl groups excluding tert-OH is 1. The van der Waals surface area contributed by atoms with E-state index in [-0.39, 0.29) is 6.10 Å². The lowest BCUT2D eigenvalue weighted by Crippen LogP contribution is -2.02. The Labute approximate surface area is 83.7 Å². The van der Waals surface area contributed by atoms with Crippen LogP contribution in [0.1, 0.15) is 31.7 Å². The Kier molecular flexibility index (Phi) is 4.79. The highest BCUT2D eigenvalue weighted by Gasteiger charge is 1.96. The molecule has 1 N–H and O–H groups in total. The van der Waals surface area contributed by atoms with Gasteiger partial charge >= 0.3 is 0 Å². The lowest BCUT2D eigenvalue weighted by molar-refractivity contribution is 0.161.